The Kier molecular flexibility index (Phi) is 7.59. The van der Waals surface area contributed by atoms with Crippen LogP contribution in [0.4, 0.5) is 11.4 Å². The van der Waals surface area contributed by atoms with Gasteiger partial charge in [-0.3, -0.25) is 0 Å². The van der Waals surface area contributed by atoms with Crippen LogP contribution in [0.5, 0.6) is 0 Å². The van der Waals surface area contributed by atoms with Crippen molar-refractivity contribution in [2.45, 2.75) is 12.1 Å². The maximum atomic E-state index is 12.0. The summed E-state index contributed by atoms with van der Waals surface area (Å²) in [6, 6.07) is 18.3. The lowest BCUT2D eigenvalue weighted by Crippen LogP contribution is -2.51. The van der Waals surface area contributed by atoms with Gasteiger partial charge in [0.05, 0.1) is 23.7 Å². The Balaban J connectivity index is 1.63. The van der Waals surface area contributed by atoms with E-state index >= 15 is 0 Å². The van der Waals surface area contributed by atoms with Crippen LogP contribution in [0.1, 0.15) is 0 Å². The van der Waals surface area contributed by atoms with E-state index in [4.69, 9.17) is 24.4 Å². The lowest BCUT2D eigenvalue weighted by Gasteiger charge is -2.33. The SMILES string of the molecule is O=S1(=O)C[C@@H](O)[C@H](N(CCNC(=S)Nc2ccccc2)C(=S)Nc2ccccc2)C1. The van der Waals surface area contributed by atoms with Crippen LogP contribution in [0.25, 0.3) is 0 Å². The van der Waals surface area contributed by atoms with Crippen molar-refractivity contribution >= 4 is 55.9 Å². The topological polar surface area (TPSA) is 93.7 Å². The molecule has 1 saturated heterocycles. The summed E-state index contributed by atoms with van der Waals surface area (Å²) in [4.78, 5) is 1.72. The van der Waals surface area contributed by atoms with Gasteiger partial charge in [0.25, 0.3) is 0 Å². The Morgan fingerprint density at radius 1 is 0.967 bits per heavy atom. The Bertz CT molecular complexity index is 971. The highest BCUT2D eigenvalue weighted by Gasteiger charge is 2.40. The molecule has 2 aromatic rings. The molecule has 10 heteroatoms. The summed E-state index contributed by atoms with van der Waals surface area (Å²) in [6.45, 7) is 0.783. The van der Waals surface area contributed by atoms with Gasteiger partial charge < -0.3 is 26.0 Å². The van der Waals surface area contributed by atoms with Gasteiger partial charge in [-0.05, 0) is 48.7 Å². The number of hydrogen-bond acceptors (Lipinski definition) is 5. The molecule has 30 heavy (non-hydrogen) atoms. The second-order valence-corrected chi connectivity index (χ2v) is 9.90. The van der Waals surface area contributed by atoms with Gasteiger partial charge in [-0.1, -0.05) is 36.4 Å². The number of nitrogens with one attached hydrogen (secondary N) is 3. The van der Waals surface area contributed by atoms with E-state index in [1.54, 1.807) is 4.90 Å². The van der Waals surface area contributed by atoms with Gasteiger partial charge in [-0.25, -0.2) is 8.42 Å². The first-order chi connectivity index (χ1) is 14.3. The van der Waals surface area contributed by atoms with Crippen molar-refractivity contribution in [1.82, 2.24) is 10.2 Å². The first-order valence-corrected chi connectivity index (χ1v) is 12.1. The van der Waals surface area contributed by atoms with Crippen LogP contribution in [-0.2, 0) is 9.84 Å². The van der Waals surface area contributed by atoms with Crippen LogP contribution in [0, 0.1) is 0 Å². The molecule has 1 aliphatic heterocycles. The average Bonchev–Trinajstić information content (AvgIpc) is 2.98. The van der Waals surface area contributed by atoms with E-state index in [9.17, 15) is 13.5 Å². The molecule has 0 unspecified atom stereocenters. The van der Waals surface area contributed by atoms with Gasteiger partial charge in [0.15, 0.2) is 20.1 Å². The highest BCUT2D eigenvalue weighted by molar-refractivity contribution is 7.91. The highest BCUT2D eigenvalue weighted by Crippen LogP contribution is 2.20. The molecule has 0 saturated carbocycles. The lowest BCUT2D eigenvalue weighted by atomic mass is 10.2. The third-order valence-corrected chi connectivity index (χ3v) is 6.93. The fraction of sp³-hybridized carbons (Fsp3) is 0.300. The van der Waals surface area contributed by atoms with Crippen molar-refractivity contribution in [3.63, 3.8) is 0 Å². The van der Waals surface area contributed by atoms with E-state index in [1.807, 2.05) is 60.7 Å². The smallest absolute Gasteiger partial charge is 0.173 e. The number of benzene rings is 2. The Hall–Kier alpha value is -2.27. The summed E-state index contributed by atoms with van der Waals surface area (Å²) in [5.41, 5.74) is 1.66. The van der Waals surface area contributed by atoms with Gasteiger partial charge in [0.1, 0.15) is 0 Å². The summed E-state index contributed by atoms with van der Waals surface area (Å²) >= 11 is 10.9. The largest absolute Gasteiger partial charge is 0.390 e. The minimum Gasteiger partial charge on any atom is -0.390 e. The third kappa shape index (κ3) is 6.36. The summed E-state index contributed by atoms with van der Waals surface area (Å²) < 4.78 is 24.1. The van der Waals surface area contributed by atoms with Crippen LogP contribution < -0.4 is 16.0 Å². The molecule has 7 nitrogen and oxygen atoms in total. The van der Waals surface area contributed by atoms with E-state index in [0.29, 0.717) is 23.3 Å². The monoisotopic (exact) mass is 464 g/mol. The molecule has 2 aromatic carbocycles. The number of rotatable bonds is 6. The Morgan fingerprint density at radius 2 is 1.53 bits per heavy atom. The van der Waals surface area contributed by atoms with Gasteiger partial charge in [0.2, 0.25) is 0 Å². The van der Waals surface area contributed by atoms with E-state index in [1.165, 1.54) is 0 Å². The van der Waals surface area contributed by atoms with E-state index in [2.05, 4.69) is 16.0 Å². The molecule has 160 valence electrons. The summed E-state index contributed by atoms with van der Waals surface area (Å²) in [5.74, 6) is -0.402. The van der Waals surface area contributed by atoms with Gasteiger partial charge in [0, 0.05) is 24.5 Å². The molecular weight excluding hydrogens is 440 g/mol. The Labute approximate surface area is 187 Å². The normalized spacial score (nSPS) is 19.6. The zero-order valence-corrected chi connectivity index (χ0v) is 18.6. The molecular formula is C20H24N4O3S3. The third-order valence-electron chi connectivity index (χ3n) is 4.65. The summed E-state index contributed by atoms with van der Waals surface area (Å²) in [6.07, 6.45) is -1.00. The summed E-state index contributed by atoms with van der Waals surface area (Å²) in [5, 5.41) is 20.5. The van der Waals surface area contributed by atoms with E-state index in [0.717, 1.165) is 11.4 Å². The minimum absolute atomic E-state index is 0.141. The number of para-hydroxylation sites is 2. The van der Waals surface area contributed by atoms with Crippen molar-refractivity contribution < 1.29 is 13.5 Å². The van der Waals surface area contributed by atoms with E-state index < -0.39 is 22.0 Å². The standard InChI is InChI=1S/C20H24N4O3S3/c25-18-14-30(26,27)13-17(18)24(20(29)23-16-9-5-2-6-10-16)12-11-21-19(28)22-15-7-3-1-4-8-15/h1-10,17-18,25H,11-14H2,(H,23,29)(H2,21,22,28)/t17-,18-/m1/s1. The van der Waals surface area contributed by atoms with Crippen LogP contribution in [0.3, 0.4) is 0 Å². The second-order valence-electron chi connectivity index (χ2n) is 6.95. The zero-order chi connectivity index (χ0) is 21.6. The van der Waals surface area contributed by atoms with Crippen LogP contribution in [-0.4, -0.2) is 65.4 Å². The molecule has 0 aromatic heterocycles. The number of thiocarbonyl (C=S) groups is 2. The molecule has 1 fully saturated rings. The zero-order valence-electron chi connectivity index (χ0n) is 16.2. The number of aliphatic hydroxyl groups excluding tert-OH is 1. The predicted molar refractivity (Wildman–Crippen MR) is 128 cm³/mol. The number of anilines is 2. The van der Waals surface area contributed by atoms with Crippen molar-refractivity contribution in [2.75, 3.05) is 35.2 Å². The predicted octanol–water partition coefficient (Wildman–Crippen LogP) is 1.83. The molecule has 1 aliphatic rings. The van der Waals surface area contributed by atoms with E-state index in [-0.39, 0.29) is 11.5 Å². The van der Waals surface area contributed by atoms with Crippen LogP contribution in [0.15, 0.2) is 60.7 Å². The lowest BCUT2D eigenvalue weighted by molar-refractivity contribution is 0.124. The first-order valence-electron chi connectivity index (χ1n) is 9.45. The molecule has 3 rings (SSSR count). The van der Waals surface area contributed by atoms with Crippen LogP contribution >= 0.6 is 24.4 Å². The maximum Gasteiger partial charge on any atom is 0.173 e. The molecule has 0 aliphatic carbocycles. The van der Waals surface area contributed by atoms with Gasteiger partial charge in [-0.2, -0.15) is 0 Å². The molecule has 4 N–H and O–H groups in total. The van der Waals surface area contributed by atoms with Crippen molar-refractivity contribution in [2.24, 2.45) is 0 Å². The molecule has 0 spiro atoms. The highest BCUT2D eigenvalue weighted by atomic mass is 32.2. The number of hydrogen-bond donors (Lipinski definition) is 4. The van der Waals surface area contributed by atoms with Crippen molar-refractivity contribution in [3.8, 4) is 0 Å². The number of sulfone groups is 1. The number of aliphatic hydroxyl groups is 1. The number of nitrogens with zero attached hydrogens (tertiary/aromatic N) is 1. The molecule has 0 bridgehead atoms. The maximum absolute atomic E-state index is 12.0. The van der Waals surface area contributed by atoms with Crippen LogP contribution in [0.2, 0.25) is 0 Å². The minimum atomic E-state index is -3.32. The fourth-order valence-electron chi connectivity index (χ4n) is 3.23. The van der Waals surface area contributed by atoms with Gasteiger partial charge in [-0.15, -0.1) is 0 Å². The Morgan fingerprint density at radius 3 is 2.07 bits per heavy atom. The molecule has 1 heterocycles. The van der Waals surface area contributed by atoms with Crippen molar-refractivity contribution in [1.29, 1.82) is 0 Å². The molecule has 2 atom stereocenters. The fourth-order valence-corrected chi connectivity index (χ4v) is 5.60. The van der Waals surface area contributed by atoms with Crippen molar-refractivity contribution in [3.05, 3.63) is 60.7 Å². The summed E-state index contributed by atoms with van der Waals surface area (Å²) in [7, 11) is -3.32. The quantitative estimate of drug-likeness (QED) is 0.478. The van der Waals surface area contributed by atoms with Gasteiger partial charge >= 0.3 is 0 Å². The average molecular weight is 465 g/mol. The molecule has 0 radical (unpaired) electrons. The molecule has 0 amide bonds. The first kappa shape index (κ1) is 22.4. The second kappa shape index (κ2) is 10.2.